The van der Waals surface area contributed by atoms with Gasteiger partial charge in [0.1, 0.15) is 0 Å². The summed E-state index contributed by atoms with van der Waals surface area (Å²) in [5, 5.41) is 5.40. The van der Waals surface area contributed by atoms with Crippen LogP contribution in [0.3, 0.4) is 0 Å². The smallest absolute Gasteiger partial charge is 0.222 e. The largest absolute Gasteiger partial charge is 0.234 e. The molecule has 4 heteroatoms. The number of hydrogen-bond acceptors (Lipinski definition) is 4. The number of fused-ring (bicyclic) bond motifs is 1. The fourth-order valence-corrected chi connectivity index (χ4v) is 0.663. The molecule has 0 atom stereocenters. The highest BCUT2D eigenvalue weighted by atomic mass is 16.1. The van der Waals surface area contributed by atoms with Gasteiger partial charge in [-0.15, -0.1) is 0 Å². The fraction of sp³-hybridized carbons (Fsp3) is 0.111. The van der Waals surface area contributed by atoms with Crippen molar-refractivity contribution in [3.8, 4) is 11.1 Å². The van der Waals surface area contributed by atoms with E-state index in [1.54, 1.807) is 0 Å². The number of carbonyl (C=O) groups excluding carboxylic acids is 2. The Kier molecular flexibility index (Phi) is 5.64. The van der Waals surface area contributed by atoms with Gasteiger partial charge in [-0.3, -0.25) is 0 Å². The van der Waals surface area contributed by atoms with E-state index in [1.807, 2.05) is 0 Å². The fourth-order valence-electron chi connectivity index (χ4n) is 0.663. The molecule has 1 N–H and O–H groups in total. The van der Waals surface area contributed by atoms with E-state index >= 15 is 0 Å². The van der Waals surface area contributed by atoms with Gasteiger partial charge in [0, 0.05) is 7.05 Å². The third-order valence-corrected chi connectivity index (χ3v) is 1.31. The Morgan fingerprint density at radius 2 is 1.38 bits per heavy atom. The lowest BCUT2D eigenvalue weighted by Crippen LogP contribution is -1.85. The summed E-state index contributed by atoms with van der Waals surface area (Å²) < 4.78 is 0. The minimum absolute atomic E-state index is 0.750. The van der Waals surface area contributed by atoms with Crippen LogP contribution in [0, 0.1) is 5.41 Å². The molecule has 0 unspecified atom stereocenters. The molecule has 0 saturated heterocycles. The maximum absolute atomic E-state index is 8.88. The second-order valence-corrected chi connectivity index (χ2v) is 1.99. The lowest BCUT2D eigenvalue weighted by atomic mass is 9.95. The molecule has 2 aliphatic carbocycles. The van der Waals surface area contributed by atoms with Crippen LogP contribution in [0.5, 0.6) is 0 Å². The molecular formula is C9H8N2O2. The average Bonchev–Trinajstić information content (AvgIpc) is 2.13. The van der Waals surface area contributed by atoms with Gasteiger partial charge in [-0.25, -0.2) is 20.0 Å². The molecule has 0 radical (unpaired) electrons. The Balaban J connectivity index is 0.000000184. The van der Waals surface area contributed by atoms with Crippen LogP contribution in [-0.2, 0) is 9.59 Å². The molecule has 0 aromatic carbocycles. The quantitative estimate of drug-likeness (QED) is 0.488. The van der Waals surface area contributed by atoms with Crippen LogP contribution in [0.25, 0.3) is 11.1 Å². The van der Waals surface area contributed by atoms with E-state index in [0.717, 1.165) is 6.08 Å². The third kappa shape index (κ3) is 3.77. The summed E-state index contributed by atoms with van der Waals surface area (Å²) >= 11 is 0. The molecule has 0 aromatic heterocycles. The van der Waals surface area contributed by atoms with Crippen LogP contribution in [0.4, 0.5) is 0 Å². The zero-order chi connectivity index (χ0) is 10.1. The molecule has 0 amide bonds. The Bertz CT molecular complexity index is 310. The number of rotatable bonds is 0. The third-order valence-electron chi connectivity index (χ3n) is 1.31. The summed E-state index contributed by atoms with van der Waals surface area (Å²) in [5.41, 5.74) is 2.85. The van der Waals surface area contributed by atoms with Gasteiger partial charge in [0.05, 0.1) is 0 Å². The second-order valence-electron chi connectivity index (χ2n) is 1.99. The number of aliphatic imine (C=N–C) groups is 1. The predicted molar refractivity (Wildman–Crippen MR) is 47.9 cm³/mol. The molecule has 0 bridgehead atoms. The number of nitrogens with one attached hydrogen (secondary N) is 1. The lowest BCUT2D eigenvalue weighted by molar-refractivity contribution is 0.562. The van der Waals surface area contributed by atoms with Crippen molar-refractivity contribution >= 4 is 12.2 Å². The van der Waals surface area contributed by atoms with Crippen molar-refractivity contribution < 1.29 is 9.59 Å². The SMILES string of the molecule is CN=C=O.N=C=O.c1cc2ccc1-2. The molecule has 0 saturated carbocycles. The highest BCUT2D eigenvalue weighted by molar-refractivity contribution is 5.75. The Labute approximate surface area is 75.4 Å². The predicted octanol–water partition coefficient (Wildman–Crippen LogP) is 1.52. The van der Waals surface area contributed by atoms with Crippen LogP contribution >= 0.6 is 0 Å². The van der Waals surface area contributed by atoms with E-state index in [-0.39, 0.29) is 0 Å². The summed E-state index contributed by atoms with van der Waals surface area (Å²) in [4.78, 5) is 20.2. The second kappa shape index (κ2) is 6.68. The maximum atomic E-state index is 8.88. The van der Waals surface area contributed by atoms with Gasteiger partial charge in [0.25, 0.3) is 0 Å². The summed E-state index contributed by atoms with van der Waals surface area (Å²) in [6, 6.07) is 8.48. The van der Waals surface area contributed by atoms with Crippen molar-refractivity contribution in [2.24, 2.45) is 4.99 Å². The molecule has 2 rings (SSSR count). The topological polar surface area (TPSA) is 70.3 Å². The first-order valence-electron chi connectivity index (χ1n) is 3.40. The molecule has 0 fully saturated rings. The standard InChI is InChI=1S/C6H4.C2H3NO.CHNO/c1-2-6-4-3-5(1)6;1-3-2-4;2-1-3/h1-4H;1H3;2H. The molecule has 0 aliphatic heterocycles. The molecule has 13 heavy (non-hydrogen) atoms. The van der Waals surface area contributed by atoms with Crippen molar-refractivity contribution in [2.45, 2.75) is 0 Å². The Hall–Kier alpha value is -2.02. The van der Waals surface area contributed by atoms with Crippen molar-refractivity contribution in [2.75, 3.05) is 7.05 Å². The van der Waals surface area contributed by atoms with Gasteiger partial charge in [-0.1, -0.05) is 24.3 Å². The maximum Gasteiger partial charge on any atom is 0.234 e. The summed E-state index contributed by atoms with van der Waals surface area (Å²) in [7, 11) is 1.38. The molecule has 2 aliphatic rings. The van der Waals surface area contributed by atoms with Crippen molar-refractivity contribution in [3.05, 3.63) is 24.3 Å². The van der Waals surface area contributed by atoms with Gasteiger partial charge in [0.2, 0.25) is 12.2 Å². The first-order chi connectivity index (χ1) is 6.29. The molecule has 0 spiro atoms. The van der Waals surface area contributed by atoms with Gasteiger partial charge >= 0.3 is 0 Å². The van der Waals surface area contributed by atoms with Crippen LogP contribution in [0.1, 0.15) is 0 Å². The van der Waals surface area contributed by atoms with Gasteiger partial charge < -0.3 is 0 Å². The minimum Gasteiger partial charge on any atom is -0.222 e. The summed E-state index contributed by atoms with van der Waals surface area (Å²) in [6.45, 7) is 0. The highest BCUT2D eigenvalue weighted by Gasteiger charge is 2.03. The molecule has 66 valence electrons. The van der Waals surface area contributed by atoms with E-state index in [2.05, 4.69) is 29.3 Å². The van der Waals surface area contributed by atoms with Crippen molar-refractivity contribution in [1.29, 1.82) is 5.41 Å². The van der Waals surface area contributed by atoms with E-state index in [0.29, 0.717) is 0 Å². The monoisotopic (exact) mass is 176 g/mol. The first-order valence-corrected chi connectivity index (χ1v) is 3.40. The number of isocyanates is 2. The Morgan fingerprint density at radius 3 is 1.38 bits per heavy atom. The van der Waals surface area contributed by atoms with Crippen LogP contribution in [0.15, 0.2) is 29.3 Å². The van der Waals surface area contributed by atoms with Crippen molar-refractivity contribution in [1.82, 2.24) is 0 Å². The summed E-state index contributed by atoms with van der Waals surface area (Å²) in [5.74, 6) is 0. The number of benzene rings is 1. The zero-order valence-electron chi connectivity index (χ0n) is 7.07. The van der Waals surface area contributed by atoms with E-state index in [1.165, 1.54) is 24.3 Å². The molecule has 0 aromatic rings. The molecule has 4 nitrogen and oxygen atoms in total. The number of nitrogens with zero attached hydrogens (tertiary/aromatic N) is 1. The number of hydrogen-bond donors (Lipinski definition) is 1. The van der Waals surface area contributed by atoms with E-state index in [4.69, 9.17) is 15.0 Å². The van der Waals surface area contributed by atoms with Crippen LogP contribution in [0.2, 0.25) is 0 Å². The van der Waals surface area contributed by atoms with Crippen LogP contribution in [-0.4, -0.2) is 19.2 Å². The zero-order valence-corrected chi connectivity index (χ0v) is 7.07. The van der Waals surface area contributed by atoms with Gasteiger partial charge in [-0.2, -0.15) is 0 Å². The highest BCUT2D eigenvalue weighted by Crippen LogP contribution is 2.29. The van der Waals surface area contributed by atoms with Crippen molar-refractivity contribution in [3.63, 3.8) is 0 Å². The van der Waals surface area contributed by atoms with Gasteiger partial charge in [-0.05, 0) is 11.1 Å². The first kappa shape index (κ1) is 11.0. The van der Waals surface area contributed by atoms with E-state index in [9.17, 15) is 0 Å². The minimum atomic E-state index is 0.750. The van der Waals surface area contributed by atoms with Gasteiger partial charge in [0.15, 0.2) is 0 Å². The Morgan fingerprint density at radius 1 is 1.15 bits per heavy atom. The van der Waals surface area contributed by atoms with Crippen LogP contribution < -0.4 is 0 Å². The average molecular weight is 176 g/mol. The summed E-state index contributed by atoms with van der Waals surface area (Å²) in [6.07, 6.45) is 2.06. The lowest BCUT2D eigenvalue weighted by Gasteiger charge is -2.10. The molecular weight excluding hydrogens is 168 g/mol. The normalized spacial score (nSPS) is 7.15. The molecule has 0 heterocycles. The van der Waals surface area contributed by atoms with E-state index < -0.39 is 0 Å².